The van der Waals surface area contributed by atoms with Crippen molar-refractivity contribution >= 4 is 5.78 Å². The summed E-state index contributed by atoms with van der Waals surface area (Å²) in [4.78, 5) is 12.9. The largest absolute Gasteiger partial charge is 0.412 e. The molecule has 5 heteroatoms. The third kappa shape index (κ3) is 2.28. The molecule has 0 saturated carbocycles. The van der Waals surface area contributed by atoms with E-state index in [0.29, 0.717) is 19.4 Å². The fourth-order valence-electron chi connectivity index (χ4n) is 2.02. The van der Waals surface area contributed by atoms with Crippen LogP contribution in [0.2, 0.25) is 0 Å². The predicted octanol–water partition coefficient (Wildman–Crippen LogP) is 2.43. The van der Waals surface area contributed by atoms with Gasteiger partial charge in [-0.05, 0) is 12.8 Å². The van der Waals surface area contributed by atoms with E-state index in [4.69, 9.17) is 0 Å². The maximum absolute atomic E-state index is 12.4. The fourth-order valence-corrected chi connectivity index (χ4v) is 2.02. The van der Waals surface area contributed by atoms with Gasteiger partial charge in [-0.1, -0.05) is 6.08 Å². The predicted molar refractivity (Wildman–Crippen MR) is 52.7 cm³/mol. The van der Waals surface area contributed by atoms with Crippen LogP contribution in [0.25, 0.3) is 0 Å². The third-order valence-electron chi connectivity index (χ3n) is 2.93. The second-order valence-electron chi connectivity index (χ2n) is 4.03. The summed E-state index contributed by atoms with van der Waals surface area (Å²) in [6, 6.07) is 0. The van der Waals surface area contributed by atoms with Crippen LogP contribution in [-0.2, 0) is 4.79 Å². The molecule has 2 nitrogen and oxygen atoms in total. The van der Waals surface area contributed by atoms with Gasteiger partial charge in [0.1, 0.15) is 0 Å². The Hall–Kier alpha value is -1.26. The molecule has 0 aromatic carbocycles. The lowest BCUT2D eigenvalue weighted by Crippen LogP contribution is -2.30. The van der Waals surface area contributed by atoms with Gasteiger partial charge in [0.05, 0.1) is 0 Å². The normalized spacial score (nSPS) is 22.2. The zero-order valence-corrected chi connectivity index (χ0v) is 8.68. The molecule has 0 N–H and O–H groups in total. The number of nitrogens with zero attached hydrogens (tertiary/aromatic N) is 1. The molecule has 88 valence electrons. The van der Waals surface area contributed by atoms with Crippen molar-refractivity contribution in [3.8, 4) is 0 Å². The van der Waals surface area contributed by atoms with E-state index < -0.39 is 11.7 Å². The number of carbonyl (C=O) groups excluding carboxylic acids is 1. The van der Waals surface area contributed by atoms with E-state index >= 15 is 0 Å². The Labute approximate surface area is 91.4 Å². The smallest absolute Gasteiger partial charge is 0.371 e. The molecule has 2 aliphatic rings. The number of allylic oxidation sites excluding steroid dienone is 2. The van der Waals surface area contributed by atoms with Crippen LogP contribution in [0.15, 0.2) is 23.4 Å². The van der Waals surface area contributed by atoms with Crippen molar-refractivity contribution in [1.82, 2.24) is 4.90 Å². The summed E-state index contributed by atoms with van der Waals surface area (Å²) < 4.78 is 37.1. The molecule has 0 atom stereocenters. The van der Waals surface area contributed by atoms with Gasteiger partial charge in [-0.3, -0.25) is 4.79 Å². The van der Waals surface area contributed by atoms with Gasteiger partial charge in [-0.15, -0.1) is 0 Å². The minimum atomic E-state index is -4.20. The molecule has 1 heterocycles. The molecule has 0 saturated heterocycles. The molecule has 0 fully saturated rings. The van der Waals surface area contributed by atoms with Gasteiger partial charge in [-0.25, -0.2) is 0 Å². The highest BCUT2D eigenvalue weighted by Gasteiger charge is 2.35. The molecule has 0 aromatic rings. The molecular weight excluding hydrogens is 219 g/mol. The molecular formula is C11H12F3NO. The van der Waals surface area contributed by atoms with Crippen molar-refractivity contribution in [1.29, 1.82) is 0 Å². The lowest BCUT2D eigenvalue weighted by atomic mass is 10.1. The first-order valence-electron chi connectivity index (χ1n) is 5.21. The minimum absolute atomic E-state index is 0.00896. The second-order valence-corrected chi connectivity index (χ2v) is 4.03. The zero-order chi connectivity index (χ0) is 11.8. The van der Waals surface area contributed by atoms with Crippen molar-refractivity contribution in [2.24, 2.45) is 0 Å². The monoisotopic (exact) mass is 231 g/mol. The molecule has 16 heavy (non-hydrogen) atoms. The highest BCUT2D eigenvalue weighted by molar-refractivity contribution is 5.92. The first kappa shape index (κ1) is 11.2. The Balaban J connectivity index is 2.02. The first-order valence-corrected chi connectivity index (χ1v) is 5.21. The number of rotatable bonds is 1. The van der Waals surface area contributed by atoms with E-state index in [9.17, 15) is 18.0 Å². The summed E-state index contributed by atoms with van der Waals surface area (Å²) in [5.41, 5.74) is 0.427. The molecule has 1 aliphatic heterocycles. The molecule has 0 amide bonds. The highest BCUT2D eigenvalue weighted by Crippen LogP contribution is 2.32. The molecule has 2 rings (SSSR count). The van der Waals surface area contributed by atoms with Crippen LogP contribution in [0.5, 0.6) is 0 Å². The van der Waals surface area contributed by atoms with E-state index in [-0.39, 0.29) is 18.7 Å². The average Bonchev–Trinajstić information content (AvgIpc) is 2.64. The van der Waals surface area contributed by atoms with Crippen molar-refractivity contribution in [3.05, 3.63) is 23.4 Å². The van der Waals surface area contributed by atoms with E-state index in [1.807, 2.05) is 4.90 Å². The van der Waals surface area contributed by atoms with Crippen LogP contribution >= 0.6 is 0 Å². The third-order valence-corrected chi connectivity index (χ3v) is 2.93. The van der Waals surface area contributed by atoms with Gasteiger partial charge in [0.15, 0.2) is 5.78 Å². The summed E-state index contributed by atoms with van der Waals surface area (Å²) in [6.07, 6.45) is -0.281. The van der Waals surface area contributed by atoms with Crippen LogP contribution < -0.4 is 0 Å². The molecule has 0 bridgehead atoms. The standard InChI is InChI=1S/C11H12F3NO/c12-11(13,14)8-3-5-15(6-4-8)9-1-2-10(16)7-9/h3,7H,1-2,4-6H2. The van der Waals surface area contributed by atoms with Gasteiger partial charge in [0.25, 0.3) is 0 Å². The van der Waals surface area contributed by atoms with Gasteiger partial charge in [0.2, 0.25) is 0 Å². The maximum atomic E-state index is 12.4. The SMILES string of the molecule is O=C1C=C(N2CC=C(C(F)(F)F)CC2)CC1. The number of halogens is 3. The van der Waals surface area contributed by atoms with E-state index in [1.54, 1.807) is 6.08 Å². The Bertz CT molecular complexity index is 368. The summed E-state index contributed by atoms with van der Waals surface area (Å²) in [6.45, 7) is 0.610. The second kappa shape index (κ2) is 3.96. The minimum Gasteiger partial charge on any atom is -0.371 e. The fraction of sp³-hybridized carbons (Fsp3) is 0.545. The van der Waals surface area contributed by atoms with Crippen LogP contribution in [0, 0.1) is 0 Å². The Kier molecular flexibility index (Phi) is 2.78. The number of alkyl halides is 3. The molecule has 0 spiro atoms. The van der Waals surface area contributed by atoms with Gasteiger partial charge >= 0.3 is 6.18 Å². The van der Waals surface area contributed by atoms with Crippen molar-refractivity contribution in [2.45, 2.75) is 25.4 Å². The molecule has 0 unspecified atom stereocenters. The summed E-state index contributed by atoms with van der Waals surface area (Å²) in [7, 11) is 0. The van der Waals surface area contributed by atoms with Crippen LogP contribution in [0.3, 0.4) is 0 Å². The van der Waals surface area contributed by atoms with Crippen molar-refractivity contribution < 1.29 is 18.0 Å². The van der Waals surface area contributed by atoms with E-state index in [0.717, 1.165) is 5.70 Å². The Morgan fingerprint density at radius 3 is 2.38 bits per heavy atom. The number of carbonyl (C=O) groups is 1. The number of hydrogen-bond donors (Lipinski definition) is 0. The average molecular weight is 231 g/mol. The van der Waals surface area contributed by atoms with Crippen LogP contribution in [0.4, 0.5) is 13.2 Å². The zero-order valence-electron chi connectivity index (χ0n) is 8.68. The Morgan fingerprint density at radius 1 is 1.19 bits per heavy atom. The number of ketones is 1. The van der Waals surface area contributed by atoms with Crippen LogP contribution in [0.1, 0.15) is 19.3 Å². The Morgan fingerprint density at radius 2 is 1.94 bits per heavy atom. The lowest BCUT2D eigenvalue weighted by Gasteiger charge is -2.29. The van der Waals surface area contributed by atoms with Crippen LogP contribution in [-0.4, -0.2) is 29.9 Å². The molecule has 1 aliphatic carbocycles. The van der Waals surface area contributed by atoms with E-state index in [1.165, 1.54) is 6.08 Å². The van der Waals surface area contributed by atoms with Gasteiger partial charge < -0.3 is 4.90 Å². The summed E-state index contributed by atoms with van der Waals surface area (Å²) in [5.74, 6) is 0.0700. The van der Waals surface area contributed by atoms with Gasteiger partial charge in [0, 0.05) is 36.9 Å². The molecule has 0 aromatic heterocycles. The topological polar surface area (TPSA) is 20.3 Å². The first-order chi connectivity index (χ1) is 7.47. The summed E-state index contributed by atoms with van der Waals surface area (Å²) >= 11 is 0. The molecule has 0 radical (unpaired) electrons. The maximum Gasteiger partial charge on any atom is 0.412 e. The van der Waals surface area contributed by atoms with E-state index in [2.05, 4.69) is 0 Å². The quantitative estimate of drug-likeness (QED) is 0.646. The van der Waals surface area contributed by atoms with Crippen molar-refractivity contribution in [3.63, 3.8) is 0 Å². The number of hydrogen-bond acceptors (Lipinski definition) is 2. The van der Waals surface area contributed by atoms with Gasteiger partial charge in [-0.2, -0.15) is 13.2 Å². The highest BCUT2D eigenvalue weighted by atomic mass is 19.4. The lowest BCUT2D eigenvalue weighted by molar-refractivity contribution is -0.114. The summed E-state index contributed by atoms with van der Waals surface area (Å²) in [5, 5.41) is 0. The van der Waals surface area contributed by atoms with Crippen molar-refractivity contribution in [2.75, 3.05) is 13.1 Å².